The number of nitrogens with zero attached hydrogens (tertiary/aromatic N) is 5. The Kier molecular flexibility index (Phi) is 9.34. The zero-order valence-electron chi connectivity index (χ0n) is 29.2. The predicted molar refractivity (Wildman–Crippen MR) is 191 cm³/mol. The van der Waals surface area contributed by atoms with Crippen molar-refractivity contribution in [3.63, 3.8) is 0 Å². The van der Waals surface area contributed by atoms with E-state index >= 15 is 0 Å². The number of sulfonamides is 1. The van der Waals surface area contributed by atoms with Crippen LogP contribution in [0.4, 0.5) is 5.69 Å². The molecule has 1 amide bonds. The fourth-order valence-corrected chi connectivity index (χ4v) is 8.89. The Balaban J connectivity index is 1.50. The number of pyridine rings is 1. The van der Waals surface area contributed by atoms with E-state index in [-0.39, 0.29) is 18.4 Å². The zero-order valence-corrected chi connectivity index (χ0v) is 30.0. The highest BCUT2D eigenvalue weighted by Crippen LogP contribution is 2.46. The van der Waals surface area contributed by atoms with Crippen LogP contribution in [0, 0.1) is 25.2 Å². The third-order valence-corrected chi connectivity index (χ3v) is 11.7. The van der Waals surface area contributed by atoms with E-state index in [9.17, 15) is 13.2 Å². The van der Waals surface area contributed by atoms with Crippen LogP contribution in [-0.4, -0.2) is 52.3 Å². The minimum absolute atomic E-state index is 0.142. The molecule has 2 aromatic heterocycles. The number of rotatable bonds is 9. The summed E-state index contributed by atoms with van der Waals surface area (Å²) in [6.07, 6.45) is 3.98. The molecule has 0 aliphatic carbocycles. The lowest BCUT2D eigenvalue weighted by Crippen LogP contribution is -2.37. The van der Waals surface area contributed by atoms with Gasteiger partial charge in [-0.25, -0.2) is 13.1 Å². The Morgan fingerprint density at radius 2 is 1.88 bits per heavy atom. The first kappa shape index (κ1) is 34.3. The second-order valence-corrected chi connectivity index (χ2v) is 15.6. The maximum absolute atomic E-state index is 14.3. The highest BCUT2D eigenvalue weighted by molar-refractivity contribution is 7.89. The molecule has 3 aromatic carbocycles. The van der Waals surface area contributed by atoms with Gasteiger partial charge in [0.05, 0.1) is 29.3 Å². The second-order valence-electron chi connectivity index (χ2n) is 13.6. The molecule has 0 spiro atoms. The summed E-state index contributed by atoms with van der Waals surface area (Å²) in [4.78, 5) is 18.8. The van der Waals surface area contributed by atoms with Crippen LogP contribution in [0.15, 0.2) is 78.0 Å². The molecule has 0 fully saturated rings. The van der Waals surface area contributed by atoms with Crippen molar-refractivity contribution in [2.24, 2.45) is 11.3 Å². The number of nitrogens with one attached hydrogen (secondary N) is 1. The molecule has 1 aliphatic heterocycles. The monoisotopic (exact) mass is 680 g/mol. The van der Waals surface area contributed by atoms with Crippen molar-refractivity contribution in [2.75, 3.05) is 19.0 Å². The lowest BCUT2D eigenvalue weighted by Gasteiger charge is -2.35. The predicted octanol–water partition coefficient (Wildman–Crippen LogP) is 6.65. The average molecular weight is 681 g/mol. The number of methoxy groups -OCH3 is 1. The first-order chi connectivity index (χ1) is 23.4. The number of ether oxygens (including phenoxy) is 1. The van der Waals surface area contributed by atoms with Gasteiger partial charge in [-0.05, 0) is 90.8 Å². The topological polar surface area (TPSA) is 119 Å². The third kappa shape index (κ3) is 6.33. The van der Waals surface area contributed by atoms with Gasteiger partial charge in [0.1, 0.15) is 16.8 Å². The second kappa shape index (κ2) is 13.4. The summed E-state index contributed by atoms with van der Waals surface area (Å²) in [5.41, 5.74) is 6.44. The summed E-state index contributed by atoms with van der Waals surface area (Å²) < 4.78 is 37.4. The maximum atomic E-state index is 14.3. The molecular formula is C38H44N6O4S. The number of anilines is 1. The fourth-order valence-electron chi connectivity index (χ4n) is 7.12. The summed E-state index contributed by atoms with van der Waals surface area (Å²) in [5.74, 6) is 0.0903. The van der Waals surface area contributed by atoms with Crippen LogP contribution in [0.1, 0.15) is 67.0 Å². The van der Waals surface area contributed by atoms with Crippen molar-refractivity contribution in [1.29, 1.82) is 0 Å². The summed E-state index contributed by atoms with van der Waals surface area (Å²) in [6, 6.07) is 19.0. The Bertz CT molecular complexity index is 2130. The summed E-state index contributed by atoms with van der Waals surface area (Å²) >= 11 is 0. The van der Waals surface area contributed by atoms with Crippen molar-refractivity contribution >= 4 is 32.7 Å². The van der Waals surface area contributed by atoms with E-state index in [4.69, 9.17) is 4.74 Å². The highest BCUT2D eigenvalue weighted by atomic mass is 32.2. The van der Waals surface area contributed by atoms with Gasteiger partial charge in [0.2, 0.25) is 15.9 Å². The number of fused-ring (bicyclic) bond motifs is 2. The Hall–Kier alpha value is -4.61. The van der Waals surface area contributed by atoms with Gasteiger partial charge in [-0.15, -0.1) is 5.10 Å². The van der Waals surface area contributed by atoms with Crippen LogP contribution >= 0.6 is 0 Å². The van der Waals surface area contributed by atoms with Crippen LogP contribution in [0.5, 0.6) is 5.75 Å². The maximum Gasteiger partial charge on any atom is 0.243 e. The molecule has 1 N–H and O–H groups in total. The smallest absolute Gasteiger partial charge is 0.243 e. The van der Waals surface area contributed by atoms with Gasteiger partial charge in [0.25, 0.3) is 0 Å². The van der Waals surface area contributed by atoms with Gasteiger partial charge in [0.15, 0.2) is 0 Å². The lowest BCUT2D eigenvalue weighted by atomic mass is 9.69. The lowest BCUT2D eigenvalue weighted by molar-refractivity contribution is -0.124. The number of carbonyl (C=O) groups is 1. The molecule has 49 heavy (non-hydrogen) atoms. The van der Waals surface area contributed by atoms with Crippen LogP contribution in [0.3, 0.4) is 0 Å². The normalized spacial score (nSPS) is 16.9. The van der Waals surface area contributed by atoms with Crippen LogP contribution in [-0.2, 0) is 34.3 Å². The van der Waals surface area contributed by atoms with Gasteiger partial charge in [-0.3, -0.25) is 9.78 Å². The number of aryl methyl sites for hydroxylation is 3. The molecule has 0 bridgehead atoms. The molecule has 3 heterocycles. The van der Waals surface area contributed by atoms with E-state index in [1.54, 1.807) is 42.0 Å². The van der Waals surface area contributed by atoms with Crippen LogP contribution < -0.4 is 10.1 Å². The average Bonchev–Trinajstić information content (AvgIpc) is 3.49. The van der Waals surface area contributed by atoms with E-state index in [2.05, 4.69) is 33.6 Å². The molecule has 6 rings (SSSR count). The summed E-state index contributed by atoms with van der Waals surface area (Å²) in [7, 11) is -2.11. The number of aromatic nitrogens is 4. The Morgan fingerprint density at radius 3 is 2.59 bits per heavy atom. The van der Waals surface area contributed by atoms with Crippen LogP contribution in [0.25, 0.3) is 11.0 Å². The van der Waals surface area contributed by atoms with Gasteiger partial charge in [-0.1, -0.05) is 62.4 Å². The first-order valence-electron chi connectivity index (χ1n) is 16.7. The van der Waals surface area contributed by atoms with E-state index < -0.39 is 21.4 Å². The standard InChI is InChI=1S/C38H44N6O4S/c1-8-44-36-32(48-7)20-31(26(4)35(36)41-42-44)34(38(5,6)37(45)40-30-13-11-17-39-21-30)28-16-15-25(3)29(19-28)23-43-22-24(2)18-27-12-9-10-14-33(27)49(43,46)47/h9-17,19-21,24,34H,8,18,22-23H2,1-7H3,(H,40,45)/t24-,34+/m1/s1. The van der Waals surface area contributed by atoms with Crippen LogP contribution in [0.2, 0.25) is 0 Å². The third-order valence-electron chi connectivity index (χ3n) is 9.83. The van der Waals surface area contributed by atoms with Crippen molar-refractivity contribution in [3.05, 3.63) is 106 Å². The number of hydrogen-bond donors (Lipinski definition) is 1. The highest BCUT2D eigenvalue weighted by Gasteiger charge is 2.41. The van der Waals surface area contributed by atoms with E-state index in [0.29, 0.717) is 41.4 Å². The zero-order chi connectivity index (χ0) is 35.1. The molecule has 10 nitrogen and oxygen atoms in total. The van der Waals surface area contributed by atoms with Gasteiger partial charge in [-0.2, -0.15) is 4.31 Å². The Morgan fingerprint density at radius 1 is 1.10 bits per heavy atom. The Labute approximate surface area is 288 Å². The molecule has 2 atom stereocenters. The van der Waals surface area contributed by atoms with Crippen molar-refractivity contribution in [3.8, 4) is 5.75 Å². The van der Waals surface area contributed by atoms with E-state index in [0.717, 1.165) is 38.9 Å². The number of hydrogen-bond acceptors (Lipinski definition) is 7. The number of benzene rings is 3. The van der Waals surface area contributed by atoms with Gasteiger partial charge in [0, 0.05) is 31.7 Å². The quantitative estimate of drug-likeness (QED) is 0.185. The van der Waals surface area contributed by atoms with Gasteiger partial charge < -0.3 is 10.1 Å². The molecule has 0 saturated heterocycles. The molecule has 5 aromatic rings. The molecule has 0 unspecified atom stereocenters. The molecule has 0 radical (unpaired) electrons. The molecule has 256 valence electrons. The van der Waals surface area contributed by atoms with Gasteiger partial charge >= 0.3 is 0 Å². The van der Waals surface area contributed by atoms with Crippen molar-refractivity contribution in [2.45, 2.75) is 71.9 Å². The molecule has 11 heteroatoms. The van der Waals surface area contributed by atoms with Crippen molar-refractivity contribution in [1.82, 2.24) is 24.3 Å². The number of amides is 1. The summed E-state index contributed by atoms with van der Waals surface area (Å²) in [5, 5.41) is 12.0. The summed E-state index contributed by atoms with van der Waals surface area (Å²) in [6.45, 7) is 13.2. The fraction of sp³-hybridized carbons (Fsp3) is 0.368. The minimum atomic E-state index is -3.74. The van der Waals surface area contributed by atoms with E-state index in [1.807, 2.05) is 75.7 Å². The first-order valence-corrected chi connectivity index (χ1v) is 18.1. The van der Waals surface area contributed by atoms with E-state index in [1.165, 1.54) is 0 Å². The largest absolute Gasteiger partial charge is 0.494 e. The van der Waals surface area contributed by atoms with Crippen molar-refractivity contribution < 1.29 is 17.9 Å². The minimum Gasteiger partial charge on any atom is -0.494 e. The SMILES string of the molecule is CCn1nnc2c(C)c([C@H](c3ccc(C)c(CN4C[C@H](C)Cc5ccccc5S4(=O)=O)c3)C(C)(C)C(=O)Nc3cccnc3)cc(OC)c21. The molecule has 0 saturated carbocycles. The molecular weight excluding hydrogens is 637 g/mol. The number of carbonyl (C=O) groups excluding carboxylic acids is 1. The molecule has 1 aliphatic rings.